The van der Waals surface area contributed by atoms with Gasteiger partial charge in [-0.25, -0.2) is 0 Å². The van der Waals surface area contributed by atoms with E-state index in [2.05, 4.69) is 5.16 Å². The highest BCUT2D eigenvalue weighted by molar-refractivity contribution is 6.02. The van der Waals surface area contributed by atoms with Crippen molar-refractivity contribution in [2.24, 2.45) is 22.7 Å². The number of nitrogens with two attached hydrogens (primary N) is 1. The smallest absolute Gasteiger partial charge is 0.233 e. The largest absolute Gasteiger partial charge is 0.409 e. The first-order valence-electron chi connectivity index (χ1n) is 6.45. The van der Waals surface area contributed by atoms with Gasteiger partial charge < -0.3 is 15.8 Å². The first kappa shape index (κ1) is 12.2. The molecule has 96 valence electrons. The number of rotatable bonds is 4. The minimum atomic E-state index is -0.440. The quantitative estimate of drug-likeness (QED) is 0.334. The number of oxime groups is 1. The molecule has 0 aromatic rings. The van der Waals surface area contributed by atoms with Crippen LogP contribution in [0.25, 0.3) is 0 Å². The number of nitrogens with zero attached hydrogens (tertiary/aromatic N) is 2. The van der Waals surface area contributed by atoms with E-state index < -0.39 is 5.92 Å². The van der Waals surface area contributed by atoms with Crippen LogP contribution >= 0.6 is 0 Å². The number of amidine groups is 1. The third-order valence-electron chi connectivity index (χ3n) is 4.04. The summed E-state index contributed by atoms with van der Waals surface area (Å²) in [5, 5.41) is 11.8. The van der Waals surface area contributed by atoms with E-state index >= 15 is 0 Å². The Bertz CT molecular complexity index is 330. The molecule has 1 heterocycles. The highest BCUT2D eigenvalue weighted by atomic mass is 16.4. The first-order chi connectivity index (χ1) is 8.17. The molecule has 2 bridgehead atoms. The van der Waals surface area contributed by atoms with Crippen LogP contribution in [0, 0.1) is 11.8 Å². The summed E-state index contributed by atoms with van der Waals surface area (Å²) in [5.41, 5.74) is 5.62. The zero-order chi connectivity index (χ0) is 12.4. The average Bonchev–Trinajstić information content (AvgIpc) is 2.96. The van der Waals surface area contributed by atoms with Crippen LogP contribution in [-0.2, 0) is 4.79 Å². The van der Waals surface area contributed by atoms with Gasteiger partial charge in [0.25, 0.3) is 0 Å². The van der Waals surface area contributed by atoms with E-state index in [1.165, 1.54) is 6.42 Å². The maximum absolute atomic E-state index is 12.4. The summed E-state index contributed by atoms with van der Waals surface area (Å²) in [4.78, 5) is 14.3. The highest BCUT2D eigenvalue weighted by Gasteiger charge is 2.42. The predicted molar refractivity (Wildman–Crippen MR) is 64.6 cm³/mol. The van der Waals surface area contributed by atoms with Gasteiger partial charge in [-0.05, 0) is 31.6 Å². The van der Waals surface area contributed by atoms with Crippen molar-refractivity contribution in [3.8, 4) is 0 Å². The number of amides is 1. The summed E-state index contributed by atoms with van der Waals surface area (Å²) in [6.45, 7) is 2.86. The zero-order valence-electron chi connectivity index (χ0n) is 10.3. The Morgan fingerprint density at radius 3 is 2.82 bits per heavy atom. The van der Waals surface area contributed by atoms with Gasteiger partial charge in [0.2, 0.25) is 5.91 Å². The lowest BCUT2D eigenvalue weighted by Crippen LogP contribution is -2.45. The molecule has 2 aliphatic rings. The van der Waals surface area contributed by atoms with Gasteiger partial charge in [0, 0.05) is 12.6 Å². The summed E-state index contributed by atoms with van der Waals surface area (Å²) >= 11 is 0. The summed E-state index contributed by atoms with van der Waals surface area (Å²) in [6, 6.07) is 0.401. The second-order valence-corrected chi connectivity index (χ2v) is 5.19. The summed E-state index contributed by atoms with van der Waals surface area (Å²) < 4.78 is 0. The van der Waals surface area contributed by atoms with Crippen LogP contribution in [0.2, 0.25) is 0 Å². The Labute approximate surface area is 102 Å². The fourth-order valence-corrected chi connectivity index (χ4v) is 3.15. The standard InChI is InChI=1S/C12H21N3O2/c1-2-3-10(11(13)14-17)12(16)15-7-8-4-5-9(15)6-8/h8-10,17H,2-7H2,1H3,(H2,13,14). The number of carbonyl (C=O) groups excluding carboxylic acids is 1. The fraction of sp³-hybridized carbons (Fsp3) is 0.833. The maximum Gasteiger partial charge on any atom is 0.233 e. The molecule has 0 spiro atoms. The van der Waals surface area contributed by atoms with E-state index in [9.17, 15) is 4.79 Å². The molecule has 1 amide bonds. The van der Waals surface area contributed by atoms with Crippen LogP contribution in [0.5, 0.6) is 0 Å². The number of likely N-dealkylation sites (tertiary alicyclic amines) is 1. The molecule has 1 aliphatic heterocycles. The molecule has 3 unspecified atom stereocenters. The lowest BCUT2D eigenvalue weighted by atomic mass is 9.99. The Morgan fingerprint density at radius 1 is 1.59 bits per heavy atom. The topological polar surface area (TPSA) is 78.9 Å². The van der Waals surface area contributed by atoms with Crippen molar-refractivity contribution in [3.05, 3.63) is 0 Å². The van der Waals surface area contributed by atoms with Crippen molar-refractivity contribution in [1.29, 1.82) is 0 Å². The third kappa shape index (κ3) is 2.23. The molecule has 0 aromatic heterocycles. The molecule has 1 saturated heterocycles. The van der Waals surface area contributed by atoms with Crippen LogP contribution in [0.1, 0.15) is 39.0 Å². The van der Waals surface area contributed by atoms with E-state index in [-0.39, 0.29) is 11.7 Å². The molecular formula is C12H21N3O2. The summed E-state index contributed by atoms with van der Waals surface area (Å²) in [5.74, 6) is 0.344. The Balaban J connectivity index is 2.06. The molecule has 5 nitrogen and oxygen atoms in total. The van der Waals surface area contributed by atoms with Gasteiger partial charge in [-0.1, -0.05) is 18.5 Å². The Hall–Kier alpha value is -1.26. The number of hydrogen-bond acceptors (Lipinski definition) is 3. The normalized spacial score (nSPS) is 29.7. The van der Waals surface area contributed by atoms with E-state index in [1.807, 2.05) is 11.8 Å². The number of fused-ring (bicyclic) bond motifs is 2. The van der Waals surface area contributed by atoms with Crippen LogP contribution in [-0.4, -0.2) is 34.4 Å². The molecule has 5 heteroatoms. The average molecular weight is 239 g/mol. The van der Waals surface area contributed by atoms with E-state index in [0.717, 1.165) is 25.8 Å². The molecule has 3 atom stereocenters. The number of piperidine rings is 1. The Kier molecular flexibility index (Phi) is 3.54. The van der Waals surface area contributed by atoms with Crippen LogP contribution in [0.4, 0.5) is 0 Å². The summed E-state index contributed by atoms with van der Waals surface area (Å²) in [6.07, 6.45) is 5.01. The number of carbonyl (C=O) groups is 1. The molecule has 0 radical (unpaired) electrons. The van der Waals surface area contributed by atoms with Crippen LogP contribution in [0.15, 0.2) is 5.16 Å². The SMILES string of the molecule is CCCC(C(=O)N1CC2CCC1C2)C(N)=NO. The van der Waals surface area contributed by atoms with Gasteiger partial charge in [-0.15, -0.1) is 0 Å². The van der Waals surface area contributed by atoms with Gasteiger partial charge in [0.05, 0.1) is 5.92 Å². The van der Waals surface area contributed by atoms with Gasteiger partial charge in [-0.2, -0.15) is 0 Å². The molecule has 2 fully saturated rings. The van der Waals surface area contributed by atoms with Crippen LogP contribution in [0.3, 0.4) is 0 Å². The maximum atomic E-state index is 12.4. The molecule has 1 aliphatic carbocycles. The first-order valence-corrected chi connectivity index (χ1v) is 6.45. The predicted octanol–water partition coefficient (Wildman–Crippen LogP) is 1.16. The lowest BCUT2D eigenvalue weighted by Gasteiger charge is -2.30. The minimum absolute atomic E-state index is 0.0503. The van der Waals surface area contributed by atoms with Crippen molar-refractivity contribution in [1.82, 2.24) is 4.90 Å². The Morgan fingerprint density at radius 2 is 2.35 bits per heavy atom. The van der Waals surface area contributed by atoms with Crippen molar-refractivity contribution in [2.45, 2.75) is 45.1 Å². The molecule has 17 heavy (non-hydrogen) atoms. The van der Waals surface area contributed by atoms with Crippen molar-refractivity contribution < 1.29 is 10.0 Å². The molecule has 1 saturated carbocycles. The van der Waals surface area contributed by atoms with Gasteiger partial charge >= 0.3 is 0 Å². The molecular weight excluding hydrogens is 218 g/mol. The lowest BCUT2D eigenvalue weighted by molar-refractivity contribution is -0.135. The van der Waals surface area contributed by atoms with Gasteiger partial charge in [-0.3, -0.25) is 4.79 Å². The summed E-state index contributed by atoms with van der Waals surface area (Å²) in [7, 11) is 0. The fourth-order valence-electron chi connectivity index (χ4n) is 3.15. The highest BCUT2D eigenvalue weighted by Crippen LogP contribution is 2.38. The van der Waals surface area contributed by atoms with Gasteiger partial charge in [0.15, 0.2) is 5.84 Å². The second kappa shape index (κ2) is 4.94. The molecule has 2 rings (SSSR count). The van der Waals surface area contributed by atoms with E-state index in [1.54, 1.807) is 0 Å². The van der Waals surface area contributed by atoms with E-state index in [4.69, 9.17) is 10.9 Å². The molecule has 3 N–H and O–H groups in total. The monoisotopic (exact) mass is 239 g/mol. The number of hydrogen-bond donors (Lipinski definition) is 2. The van der Waals surface area contributed by atoms with Crippen LogP contribution < -0.4 is 5.73 Å². The third-order valence-corrected chi connectivity index (χ3v) is 4.04. The van der Waals surface area contributed by atoms with Crippen molar-refractivity contribution >= 4 is 11.7 Å². The zero-order valence-corrected chi connectivity index (χ0v) is 10.3. The van der Waals surface area contributed by atoms with Gasteiger partial charge in [0.1, 0.15) is 0 Å². The van der Waals surface area contributed by atoms with E-state index in [0.29, 0.717) is 18.4 Å². The van der Waals surface area contributed by atoms with Crippen molar-refractivity contribution in [2.75, 3.05) is 6.54 Å². The molecule has 0 aromatic carbocycles. The second-order valence-electron chi connectivity index (χ2n) is 5.19. The van der Waals surface area contributed by atoms with Crippen molar-refractivity contribution in [3.63, 3.8) is 0 Å². The minimum Gasteiger partial charge on any atom is -0.409 e.